The molecule has 0 fully saturated rings. The van der Waals surface area contributed by atoms with Crippen LogP contribution in [0.3, 0.4) is 0 Å². The Morgan fingerprint density at radius 2 is 1.78 bits per heavy atom. The first-order valence-corrected chi connectivity index (χ1v) is 5.71. The van der Waals surface area contributed by atoms with Gasteiger partial charge in [0.25, 0.3) is 0 Å². The number of methoxy groups -OCH3 is 1. The lowest BCUT2D eigenvalue weighted by atomic mass is 10.00. The molecule has 0 amide bonds. The molecule has 0 radical (unpaired) electrons. The number of ether oxygens (including phenoxy) is 1. The molecule has 2 aromatic rings. The second-order valence-corrected chi connectivity index (χ2v) is 4.11. The fourth-order valence-electron chi connectivity index (χ4n) is 1.87. The molecule has 0 saturated carbocycles. The molecule has 2 aromatic carbocycles. The summed E-state index contributed by atoms with van der Waals surface area (Å²) in [5.41, 5.74) is 9.26. The molecular weight excluding hydrogens is 246 g/mol. The van der Waals surface area contributed by atoms with E-state index in [1.165, 1.54) is 0 Å². The average molecular weight is 264 g/mol. The second kappa shape index (κ2) is 6.43. The molecule has 18 heavy (non-hydrogen) atoms. The van der Waals surface area contributed by atoms with Crippen molar-refractivity contribution in [3.05, 3.63) is 54.1 Å². The molecule has 0 unspecified atom stereocenters. The molecule has 0 aliphatic carbocycles. The topological polar surface area (TPSA) is 35.2 Å². The second-order valence-electron chi connectivity index (χ2n) is 4.11. The van der Waals surface area contributed by atoms with Crippen molar-refractivity contribution >= 4 is 12.4 Å². The van der Waals surface area contributed by atoms with Gasteiger partial charge in [-0.25, -0.2) is 0 Å². The van der Waals surface area contributed by atoms with Crippen molar-refractivity contribution in [2.24, 2.45) is 5.73 Å². The van der Waals surface area contributed by atoms with E-state index in [0.29, 0.717) is 0 Å². The number of hydrogen-bond acceptors (Lipinski definition) is 2. The Bertz CT molecular complexity index is 511. The van der Waals surface area contributed by atoms with Crippen molar-refractivity contribution in [1.29, 1.82) is 0 Å². The van der Waals surface area contributed by atoms with Crippen LogP contribution in [0.4, 0.5) is 0 Å². The van der Waals surface area contributed by atoms with Crippen molar-refractivity contribution in [1.82, 2.24) is 0 Å². The van der Waals surface area contributed by atoms with Gasteiger partial charge in [-0.15, -0.1) is 12.4 Å². The summed E-state index contributed by atoms with van der Waals surface area (Å²) in [5, 5.41) is 0. The number of rotatable bonds is 3. The lowest BCUT2D eigenvalue weighted by Crippen LogP contribution is -2.04. The molecule has 0 heterocycles. The standard InChI is InChI=1S/C15H17NO.ClH/c1-11(16)12-6-5-7-13(10-12)14-8-3-4-9-15(14)17-2;/h3-11H,16H2,1-2H3;1H/t11-;/m1./s1. The maximum absolute atomic E-state index is 5.90. The first kappa shape index (κ1) is 14.6. The summed E-state index contributed by atoms with van der Waals surface area (Å²) in [6.45, 7) is 1.99. The van der Waals surface area contributed by atoms with E-state index in [1.807, 2.05) is 37.3 Å². The SMILES string of the molecule is COc1ccccc1-c1cccc([C@@H](C)N)c1.Cl. The Balaban J connectivity index is 0.00000162. The Labute approximate surface area is 114 Å². The molecule has 0 aliphatic rings. The van der Waals surface area contributed by atoms with Crippen LogP contribution in [-0.2, 0) is 0 Å². The summed E-state index contributed by atoms with van der Waals surface area (Å²) in [5.74, 6) is 0.884. The fourth-order valence-corrected chi connectivity index (χ4v) is 1.87. The van der Waals surface area contributed by atoms with Crippen LogP contribution in [0.25, 0.3) is 11.1 Å². The van der Waals surface area contributed by atoms with E-state index in [4.69, 9.17) is 10.5 Å². The summed E-state index contributed by atoms with van der Waals surface area (Å²) in [7, 11) is 1.69. The molecule has 2 rings (SSSR count). The maximum Gasteiger partial charge on any atom is 0.126 e. The van der Waals surface area contributed by atoms with Crippen molar-refractivity contribution < 1.29 is 4.74 Å². The number of hydrogen-bond donors (Lipinski definition) is 1. The quantitative estimate of drug-likeness (QED) is 0.914. The highest BCUT2D eigenvalue weighted by Crippen LogP contribution is 2.30. The third-order valence-electron chi connectivity index (χ3n) is 2.83. The zero-order valence-electron chi connectivity index (χ0n) is 10.6. The molecule has 0 bridgehead atoms. The van der Waals surface area contributed by atoms with E-state index < -0.39 is 0 Å². The van der Waals surface area contributed by atoms with Crippen molar-refractivity contribution in [2.75, 3.05) is 7.11 Å². The van der Waals surface area contributed by atoms with Gasteiger partial charge in [-0.05, 0) is 30.2 Å². The van der Waals surface area contributed by atoms with Crippen LogP contribution in [0.15, 0.2) is 48.5 Å². The van der Waals surface area contributed by atoms with Gasteiger partial charge in [0.15, 0.2) is 0 Å². The van der Waals surface area contributed by atoms with Crippen LogP contribution in [0.2, 0.25) is 0 Å². The summed E-state index contributed by atoms with van der Waals surface area (Å²) in [4.78, 5) is 0. The van der Waals surface area contributed by atoms with Gasteiger partial charge in [0.1, 0.15) is 5.75 Å². The van der Waals surface area contributed by atoms with Gasteiger partial charge in [0.05, 0.1) is 7.11 Å². The molecule has 96 valence electrons. The highest BCUT2D eigenvalue weighted by Gasteiger charge is 2.06. The first-order valence-electron chi connectivity index (χ1n) is 5.71. The Kier molecular flexibility index (Phi) is 5.20. The van der Waals surface area contributed by atoms with Gasteiger partial charge >= 0.3 is 0 Å². The minimum absolute atomic E-state index is 0. The molecule has 0 saturated heterocycles. The van der Waals surface area contributed by atoms with E-state index in [-0.39, 0.29) is 18.4 Å². The number of nitrogens with two attached hydrogens (primary N) is 1. The van der Waals surface area contributed by atoms with Gasteiger partial charge in [-0.2, -0.15) is 0 Å². The Morgan fingerprint density at radius 1 is 1.06 bits per heavy atom. The van der Waals surface area contributed by atoms with Crippen molar-refractivity contribution in [2.45, 2.75) is 13.0 Å². The van der Waals surface area contributed by atoms with E-state index >= 15 is 0 Å². The van der Waals surface area contributed by atoms with Crippen molar-refractivity contribution in [3.63, 3.8) is 0 Å². The van der Waals surface area contributed by atoms with Crippen molar-refractivity contribution in [3.8, 4) is 16.9 Å². The van der Waals surface area contributed by atoms with Gasteiger partial charge < -0.3 is 10.5 Å². The zero-order chi connectivity index (χ0) is 12.3. The predicted molar refractivity (Wildman–Crippen MR) is 78.3 cm³/mol. The number of halogens is 1. The third-order valence-corrected chi connectivity index (χ3v) is 2.83. The van der Waals surface area contributed by atoms with Crippen LogP contribution >= 0.6 is 12.4 Å². The normalized spacial score (nSPS) is 11.5. The van der Waals surface area contributed by atoms with E-state index in [2.05, 4.69) is 18.2 Å². The van der Waals surface area contributed by atoms with Gasteiger partial charge in [0, 0.05) is 11.6 Å². The zero-order valence-corrected chi connectivity index (χ0v) is 11.4. The van der Waals surface area contributed by atoms with E-state index in [9.17, 15) is 0 Å². The first-order chi connectivity index (χ1) is 8.22. The Morgan fingerprint density at radius 3 is 2.44 bits per heavy atom. The highest BCUT2D eigenvalue weighted by atomic mass is 35.5. The van der Waals surface area contributed by atoms with Gasteiger partial charge in [0.2, 0.25) is 0 Å². The Hall–Kier alpha value is -1.51. The molecule has 0 spiro atoms. The third kappa shape index (κ3) is 3.03. The largest absolute Gasteiger partial charge is 0.496 e. The van der Waals surface area contributed by atoms with Crippen LogP contribution in [0.5, 0.6) is 5.75 Å². The monoisotopic (exact) mass is 263 g/mol. The molecule has 2 nitrogen and oxygen atoms in total. The summed E-state index contributed by atoms with van der Waals surface area (Å²) < 4.78 is 5.37. The minimum Gasteiger partial charge on any atom is -0.496 e. The van der Waals surface area contributed by atoms with E-state index in [1.54, 1.807) is 7.11 Å². The maximum atomic E-state index is 5.90. The molecule has 3 heteroatoms. The van der Waals surface area contributed by atoms with Gasteiger partial charge in [-0.1, -0.05) is 36.4 Å². The predicted octanol–water partition coefficient (Wildman–Crippen LogP) is 3.80. The minimum atomic E-state index is 0. The summed E-state index contributed by atoms with van der Waals surface area (Å²) in [6, 6.07) is 16.3. The van der Waals surface area contributed by atoms with Gasteiger partial charge in [-0.3, -0.25) is 0 Å². The fraction of sp³-hybridized carbons (Fsp3) is 0.200. The van der Waals surface area contributed by atoms with E-state index in [0.717, 1.165) is 22.4 Å². The lowest BCUT2D eigenvalue weighted by Gasteiger charge is -2.11. The lowest BCUT2D eigenvalue weighted by molar-refractivity contribution is 0.416. The molecule has 2 N–H and O–H groups in total. The summed E-state index contributed by atoms with van der Waals surface area (Å²) >= 11 is 0. The molecule has 1 atom stereocenters. The van der Waals surface area contributed by atoms with Crippen LogP contribution in [0, 0.1) is 0 Å². The number of benzene rings is 2. The number of para-hydroxylation sites is 1. The van der Waals surface area contributed by atoms with Crippen LogP contribution in [0.1, 0.15) is 18.5 Å². The molecular formula is C15H18ClNO. The molecule has 0 aliphatic heterocycles. The summed E-state index contributed by atoms with van der Waals surface area (Å²) in [6.07, 6.45) is 0. The molecule has 0 aromatic heterocycles. The smallest absolute Gasteiger partial charge is 0.126 e. The highest BCUT2D eigenvalue weighted by molar-refractivity contribution is 5.85. The van der Waals surface area contributed by atoms with Crippen LogP contribution < -0.4 is 10.5 Å². The van der Waals surface area contributed by atoms with Crippen LogP contribution in [-0.4, -0.2) is 7.11 Å². The average Bonchev–Trinajstić information content (AvgIpc) is 2.39.